The molecule has 3 heteroatoms. The van der Waals surface area contributed by atoms with Crippen LogP contribution in [0.4, 0.5) is 5.69 Å². The fraction of sp³-hybridized carbons (Fsp3) is 0.571. The van der Waals surface area contributed by atoms with Crippen LogP contribution < -0.4 is 4.90 Å². The van der Waals surface area contributed by atoms with Crippen molar-refractivity contribution in [3.05, 3.63) is 28.8 Å². The van der Waals surface area contributed by atoms with Crippen molar-refractivity contribution < 1.29 is 5.11 Å². The van der Waals surface area contributed by atoms with Crippen molar-refractivity contribution >= 4 is 17.3 Å². The third-order valence-electron chi connectivity index (χ3n) is 4.23. The molecule has 2 aliphatic rings. The zero-order valence-corrected chi connectivity index (χ0v) is 10.8. The van der Waals surface area contributed by atoms with Gasteiger partial charge in [-0.3, -0.25) is 0 Å². The molecule has 2 bridgehead atoms. The van der Waals surface area contributed by atoms with E-state index in [-0.39, 0.29) is 6.10 Å². The molecule has 2 heterocycles. The Morgan fingerprint density at radius 1 is 1.24 bits per heavy atom. The van der Waals surface area contributed by atoms with Gasteiger partial charge in [-0.15, -0.1) is 0 Å². The quantitative estimate of drug-likeness (QED) is 0.829. The van der Waals surface area contributed by atoms with Crippen LogP contribution in [0.5, 0.6) is 0 Å². The maximum absolute atomic E-state index is 9.83. The first kappa shape index (κ1) is 11.4. The minimum atomic E-state index is -0.108. The first-order chi connectivity index (χ1) is 8.16. The van der Waals surface area contributed by atoms with Gasteiger partial charge in [-0.25, -0.2) is 0 Å². The zero-order valence-electron chi connectivity index (χ0n) is 10.1. The molecule has 2 aliphatic heterocycles. The van der Waals surface area contributed by atoms with Crippen LogP contribution in [0.15, 0.2) is 18.2 Å². The van der Waals surface area contributed by atoms with E-state index >= 15 is 0 Å². The maximum Gasteiger partial charge on any atom is 0.0579 e. The Hall–Kier alpha value is -0.730. The minimum absolute atomic E-state index is 0.108. The summed E-state index contributed by atoms with van der Waals surface area (Å²) >= 11 is 6.20. The molecule has 0 aromatic heterocycles. The second kappa shape index (κ2) is 4.18. The third-order valence-corrected chi connectivity index (χ3v) is 4.63. The monoisotopic (exact) mass is 251 g/mol. The number of fused-ring (bicyclic) bond motifs is 2. The van der Waals surface area contributed by atoms with E-state index in [0.717, 1.165) is 17.9 Å². The first-order valence-electron chi connectivity index (χ1n) is 6.38. The van der Waals surface area contributed by atoms with E-state index < -0.39 is 0 Å². The van der Waals surface area contributed by atoms with Gasteiger partial charge in [0.15, 0.2) is 0 Å². The van der Waals surface area contributed by atoms with Crippen molar-refractivity contribution in [1.29, 1.82) is 0 Å². The highest BCUT2D eigenvalue weighted by molar-refractivity contribution is 6.31. The van der Waals surface area contributed by atoms with E-state index in [9.17, 15) is 5.11 Å². The van der Waals surface area contributed by atoms with Crippen molar-refractivity contribution in [3.63, 3.8) is 0 Å². The van der Waals surface area contributed by atoms with E-state index in [2.05, 4.69) is 17.9 Å². The van der Waals surface area contributed by atoms with Gasteiger partial charge >= 0.3 is 0 Å². The highest BCUT2D eigenvalue weighted by Crippen LogP contribution is 2.41. The number of nitrogens with zero attached hydrogens (tertiary/aromatic N) is 1. The summed E-state index contributed by atoms with van der Waals surface area (Å²) in [4.78, 5) is 2.49. The molecule has 2 unspecified atom stereocenters. The number of rotatable bonds is 1. The van der Waals surface area contributed by atoms with Gasteiger partial charge in [-0.1, -0.05) is 17.7 Å². The van der Waals surface area contributed by atoms with Gasteiger partial charge in [0, 0.05) is 22.8 Å². The SMILES string of the molecule is Cc1c(Cl)cccc1N1C2CCC1CC(O)C2. The zero-order chi connectivity index (χ0) is 12.0. The van der Waals surface area contributed by atoms with Crippen LogP contribution in [0, 0.1) is 6.92 Å². The smallest absolute Gasteiger partial charge is 0.0579 e. The first-order valence-corrected chi connectivity index (χ1v) is 6.76. The molecule has 2 nitrogen and oxygen atoms in total. The molecule has 0 saturated carbocycles. The van der Waals surface area contributed by atoms with E-state index in [1.807, 2.05) is 12.1 Å². The summed E-state index contributed by atoms with van der Waals surface area (Å²) in [5.41, 5.74) is 2.43. The summed E-state index contributed by atoms with van der Waals surface area (Å²) < 4.78 is 0. The van der Waals surface area contributed by atoms with Gasteiger partial charge < -0.3 is 10.0 Å². The Bertz CT molecular complexity index is 420. The molecular formula is C14H18ClNO. The number of halogens is 1. The van der Waals surface area contributed by atoms with E-state index in [1.165, 1.54) is 24.1 Å². The second-order valence-electron chi connectivity index (χ2n) is 5.30. The van der Waals surface area contributed by atoms with Gasteiger partial charge in [-0.2, -0.15) is 0 Å². The number of hydrogen-bond acceptors (Lipinski definition) is 2. The predicted molar refractivity (Wildman–Crippen MR) is 70.7 cm³/mol. The average Bonchev–Trinajstić information content (AvgIpc) is 2.55. The largest absolute Gasteiger partial charge is 0.393 e. The molecule has 1 aromatic carbocycles. The van der Waals surface area contributed by atoms with E-state index in [4.69, 9.17) is 11.6 Å². The van der Waals surface area contributed by atoms with Gasteiger partial charge in [0.1, 0.15) is 0 Å². The van der Waals surface area contributed by atoms with Gasteiger partial charge in [0.25, 0.3) is 0 Å². The fourth-order valence-electron chi connectivity index (χ4n) is 3.42. The fourth-order valence-corrected chi connectivity index (χ4v) is 3.59. The molecule has 3 rings (SSSR count). The maximum atomic E-state index is 9.83. The van der Waals surface area contributed by atoms with Gasteiger partial charge in [-0.05, 0) is 50.3 Å². The van der Waals surface area contributed by atoms with Crippen molar-refractivity contribution in [1.82, 2.24) is 0 Å². The van der Waals surface area contributed by atoms with Crippen LogP contribution >= 0.6 is 11.6 Å². The Kier molecular flexibility index (Phi) is 2.80. The van der Waals surface area contributed by atoms with Crippen LogP contribution in [0.2, 0.25) is 5.02 Å². The molecule has 1 aromatic rings. The number of benzene rings is 1. The summed E-state index contributed by atoms with van der Waals surface area (Å²) in [6.45, 7) is 2.09. The molecule has 1 N–H and O–H groups in total. The van der Waals surface area contributed by atoms with Crippen molar-refractivity contribution in [2.24, 2.45) is 0 Å². The Labute approximate surface area is 107 Å². The van der Waals surface area contributed by atoms with E-state index in [0.29, 0.717) is 12.1 Å². The predicted octanol–water partition coefficient (Wildman–Crippen LogP) is 3.14. The lowest BCUT2D eigenvalue weighted by molar-refractivity contribution is 0.126. The van der Waals surface area contributed by atoms with E-state index in [1.54, 1.807) is 0 Å². The molecule has 17 heavy (non-hydrogen) atoms. The summed E-state index contributed by atoms with van der Waals surface area (Å²) in [6, 6.07) is 7.13. The Balaban J connectivity index is 1.97. The summed E-state index contributed by atoms with van der Waals surface area (Å²) in [5, 5.41) is 10.7. The molecule has 0 radical (unpaired) electrons. The molecule has 2 atom stereocenters. The molecule has 92 valence electrons. The molecule has 0 amide bonds. The number of piperidine rings is 1. The lowest BCUT2D eigenvalue weighted by atomic mass is 9.98. The number of aliphatic hydroxyl groups is 1. The molecule has 2 saturated heterocycles. The lowest BCUT2D eigenvalue weighted by Gasteiger charge is -2.39. The van der Waals surface area contributed by atoms with Crippen LogP contribution in [-0.2, 0) is 0 Å². The standard InChI is InChI=1S/C14H18ClNO/c1-9-13(15)3-2-4-14(9)16-10-5-6-11(16)8-12(17)7-10/h2-4,10-12,17H,5-8H2,1H3. The highest BCUT2D eigenvalue weighted by atomic mass is 35.5. The molecule has 0 aliphatic carbocycles. The van der Waals surface area contributed by atoms with Gasteiger partial charge in [0.2, 0.25) is 0 Å². The molecule has 2 fully saturated rings. The van der Waals surface area contributed by atoms with Crippen LogP contribution in [0.3, 0.4) is 0 Å². The Morgan fingerprint density at radius 3 is 2.53 bits per heavy atom. The normalized spacial score (nSPS) is 31.9. The number of anilines is 1. The topological polar surface area (TPSA) is 23.5 Å². The summed E-state index contributed by atoms with van der Waals surface area (Å²) in [7, 11) is 0. The van der Waals surface area contributed by atoms with Crippen LogP contribution in [0.1, 0.15) is 31.2 Å². The number of aliphatic hydroxyl groups excluding tert-OH is 1. The van der Waals surface area contributed by atoms with Crippen molar-refractivity contribution in [2.45, 2.75) is 50.8 Å². The summed E-state index contributed by atoms with van der Waals surface area (Å²) in [5.74, 6) is 0. The van der Waals surface area contributed by atoms with Gasteiger partial charge in [0.05, 0.1) is 6.10 Å². The third kappa shape index (κ3) is 1.84. The van der Waals surface area contributed by atoms with Crippen LogP contribution in [-0.4, -0.2) is 23.3 Å². The minimum Gasteiger partial charge on any atom is -0.393 e. The van der Waals surface area contributed by atoms with Crippen molar-refractivity contribution in [3.8, 4) is 0 Å². The Morgan fingerprint density at radius 2 is 1.88 bits per heavy atom. The van der Waals surface area contributed by atoms with Crippen molar-refractivity contribution in [2.75, 3.05) is 4.90 Å². The average molecular weight is 252 g/mol. The summed E-state index contributed by atoms with van der Waals surface area (Å²) in [6.07, 6.45) is 4.11. The lowest BCUT2D eigenvalue weighted by Crippen LogP contribution is -2.45. The second-order valence-corrected chi connectivity index (χ2v) is 5.71. The molecular weight excluding hydrogens is 234 g/mol. The van der Waals surface area contributed by atoms with Crippen LogP contribution in [0.25, 0.3) is 0 Å². The number of hydrogen-bond donors (Lipinski definition) is 1. The highest BCUT2D eigenvalue weighted by Gasteiger charge is 2.40. The molecule has 0 spiro atoms.